The van der Waals surface area contributed by atoms with Gasteiger partial charge in [-0.15, -0.1) is 0 Å². The Kier molecular flexibility index (Phi) is 7.83. The Bertz CT molecular complexity index is 437. The molecule has 0 N–H and O–H groups in total. The number of hydrogen-bond donors (Lipinski definition) is 0. The molecule has 1 aliphatic heterocycles. The molecule has 0 aromatic heterocycles. The van der Waals surface area contributed by atoms with Crippen LogP contribution in [0.4, 0.5) is 26.7 Å². The van der Waals surface area contributed by atoms with Gasteiger partial charge >= 0.3 is 18.2 Å². The number of carbonyl (C=O) groups is 1. The Morgan fingerprint density at radius 1 is 1.16 bits per heavy atom. The molecule has 1 heterocycles. The minimum absolute atomic E-state index is 0.0407. The Labute approximate surface area is 149 Å². The van der Waals surface area contributed by atoms with E-state index in [1.54, 1.807) is 25.7 Å². The smallest absolute Gasteiger partial charge is 0.444 e. The van der Waals surface area contributed by atoms with Crippen LogP contribution >= 0.6 is 11.8 Å². The van der Waals surface area contributed by atoms with Crippen LogP contribution in [0.3, 0.4) is 0 Å². The first-order chi connectivity index (χ1) is 11.3. The van der Waals surface area contributed by atoms with Gasteiger partial charge in [0.25, 0.3) is 0 Å². The van der Waals surface area contributed by atoms with Crippen molar-refractivity contribution in [1.29, 1.82) is 0 Å². The number of rotatable bonds is 7. The Hall–Kier alpha value is -0.730. The van der Waals surface area contributed by atoms with E-state index in [0.29, 0.717) is 18.7 Å². The van der Waals surface area contributed by atoms with E-state index >= 15 is 0 Å². The summed E-state index contributed by atoms with van der Waals surface area (Å²) in [7, 11) is 0. The predicted molar refractivity (Wildman–Crippen MR) is 88.1 cm³/mol. The fourth-order valence-corrected chi connectivity index (χ4v) is 3.55. The number of ether oxygens (including phenoxy) is 1. The summed E-state index contributed by atoms with van der Waals surface area (Å²) in [6, 6.07) is 0.0407. The molecule has 0 spiro atoms. The van der Waals surface area contributed by atoms with Crippen LogP contribution in [-0.2, 0) is 4.74 Å². The Morgan fingerprint density at radius 2 is 1.80 bits per heavy atom. The van der Waals surface area contributed by atoms with Crippen LogP contribution in [-0.4, -0.2) is 52.8 Å². The van der Waals surface area contributed by atoms with Crippen LogP contribution in [0.25, 0.3) is 0 Å². The third kappa shape index (κ3) is 7.58. The quantitative estimate of drug-likeness (QED) is 0.425. The number of thioether (sulfide) groups is 1. The Morgan fingerprint density at radius 3 is 2.36 bits per heavy atom. The highest BCUT2D eigenvalue weighted by atomic mass is 32.2. The fraction of sp³-hybridized carbons (Fsp3) is 0.938. The van der Waals surface area contributed by atoms with Gasteiger partial charge in [0.1, 0.15) is 5.60 Å². The van der Waals surface area contributed by atoms with Gasteiger partial charge in [-0.1, -0.05) is 0 Å². The number of hydrogen-bond acceptors (Lipinski definition) is 3. The average Bonchev–Trinajstić information content (AvgIpc) is 2.87. The summed E-state index contributed by atoms with van der Waals surface area (Å²) in [6.07, 6.45) is -4.80. The van der Waals surface area contributed by atoms with Crippen LogP contribution < -0.4 is 0 Å². The summed E-state index contributed by atoms with van der Waals surface area (Å²) in [5.74, 6) is -3.76. The summed E-state index contributed by atoms with van der Waals surface area (Å²) >= 11 is 1.34. The van der Waals surface area contributed by atoms with Gasteiger partial charge in [-0.2, -0.15) is 33.7 Å². The maximum Gasteiger partial charge on any atom is 0.453 e. The van der Waals surface area contributed by atoms with Gasteiger partial charge in [0.15, 0.2) is 0 Å². The van der Waals surface area contributed by atoms with Gasteiger partial charge in [-0.25, -0.2) is 4.79 Å². The summed E-state index contributed by atoms with van der Waals surface area (Å²) in [5.41, 5.74) is -0.567. The van der Waals surface area contributed by atoms with Gasteiger partial charge in [-0.3, -0.25) is 0 Å². The maximum atomic E-state index is 12.8. The third-order valence-electron chi connectivity index (χ3n) is 3.79. The summed E-state index contributed by atoms with van der Waals surface area (Å²) in [4.78, 5) is 13.8. The maximum absolute atomic E-state index is 12.8. The monoisotopic (exact) mass is 391 g/mol. The first-order valence-corrected chi connectivity index (χ1v) is 9.51. The molecule has 0 aliphatic carbocycles. The molecule has 148 valence electrons. The van der Waals surface area contributed by atoms with Crippen molar-refractivity contribution >= 4 is 17.9 Å². The topological polar surface area (TPSA) is 29.5 Å². The molecule has 0 saturated carbocycles. The number of amides is 1. The average molecular weight is 391 g/mol. The fourth-order valence-electron chi connectivity index (χ4n) is 2.56. The molecule has 1 amide bonds. The van der Waals surface area contributed by atoms with Crippen LogP contribution in [0.15, 0.2) is 0 Å². The molecule has 3 nitrogen and oxygen atoms in total. The van der Waals surface area contributed by atoms with Crippen molar-refractivity contribution in [2.75, 3.05) is 18.1 Å². The van der Waals surface area contributed by atoms with Gasteiger partial charge in [0.05, 0.1) is 0 Å². The van der Waals surface area contributed by atoms with E-state index in [4.69, 9.17) is 4.74 Å². The third-order valence-corrected chi connectivity index (χ3v) is 4.90. The summed E-state index contributed by atoms with van der Waals surface area (Å²) in [6.45, 7) is 6.01. The van der Waals surface area contributed by atoms with Crippen LogP contribution in [0.5, 0.6) is 0 Å². The highest BCUT2D eigenvalue weighted by Crippen LogP contribution is 2.39. The van der Waals surface area contributed by atoms with Crippen molar-refractivity contribution in [3.63, 3.8) is 0 Å². The summed E-state index contributed by atoms with van der Waals surface area (Å²) in [5, 5.41) is 0. The molecule has 0 radical (unpaired) electrons. The van der Waals surface area contributed by atoms with Gasteiger partial charge < -0.3 is 9.64 Å². The molecule has 1 saturated heterocycles. The van der Waals surface area contributed by atoms with E-state index in [0.717, 1.165) is 12.8 Å². The number of nitrogens with zero attached hydrogens (tertiary/aromatic N) is 1. The highest BCUT2D eigenvalue weighted by molar-refractivity contribution is 7.99. The molecule has 0 aromatic carbocycles. The van der Waals surface area contributed by atoms with E-state index in [9.17, 15) is 26.7 Å². The molecule has 0 unspecified atom stereocenters. The second-order valence-corrected chi connectivity index (χ2v) is 8.40. The lowest BCUT2D eigenvalue weighted by molar-refractivity contribution is -0.284. The molecule has 1 atom stereocenters. The second-order valence-electron chi connectivity index (χ2n) is 7.18. The lowest BCUT2D eigenvalue weighted by atomic mass is 10.2. The minimum atomic E-state index is -5.48. The van der Waals surface area contributed by atoms with E-state index in [-0.39, 0.29) is 24.3 Å². The van der Waals surface area contributed by atoms with Crippen molar-refractivity contribution < 1.29 is 31.5 Å². The van der Waals surface area contributed by atoms with Crippen LogP contribution in [0.1, 0.15) is 52.9 Å². The van der Waals surface area contributed by atoms with Crippen molar-refractivity contribution in [2.24, 2.45) is 0 Å². The number of alkyl halides is 5. The van der Waals surface area contributed by atoms with Gasteiger partial charge in [0, 0.05) is 19.0 Å². The van der Waals surface area contributed by atoms with E-state index in [2.05, 4.69) is 0 Å². The number of halogens is 5. The second kappa shape index (κ2) is 8.77. The van der Waals surface area contributed by atoms with Crippen molar-refractivity contribution in [3.8, 4) is 0 Å². The molecule has 1 aliphatic rings. The molecule has 1 fully saturated rings. The van der Waals surface area contributed by atoms with Gasteiger partial charge in [-0.05, 0) is 58.0 Å². The molecule has 0 bridgehead atoms. The zero-order valence-electron chi connectivity index (χ0n) is 14.8. The number of likely N-dealkylation sites (tertiary alicyclic amines) is 1. The molecular weight excluding hydrogens is 365 g/mol. The van der Waals surface area contributed by atoms with E-state index < -0.39 is 24.1 Å². The molecule has 0 aromatic rings. The SMILES string of the molecule is CC(C)(C)OC(=O)N1CCC[C@H]1CCSCCCC(F)(F)C(F)(F)F. The lowest BCUT2D eigenvalue weighted by Gasteiger charge is -2.28. The zero-order chi connectivity index (χ0) is 19.3. The first kappa shape index (κ1) is 22.3. The first-order valence-electron chi connectivity index (χ1n) is 8.35. The van der Waals surface area contributed by atoms with E-state index in [1.165, 1.54) is 11.8 Å². The number of carbonyl (C=O) groups excluding carboxylic acids is 1. The van der Waals surface area contributed by atoms with Crippen LogP contribution in [0.2, 0.25) is 0 Å². The van der Waals surface area contributed by atoms with Crippen molar-refractivity contribution in [3.05, 3.63) is 0 Å². The van der Waals surface area contributed by atoms with Crippen molar-refractivity contribution in [1.82, 2.24) is 4.90 Å². The Balaban J connectivity index is 2.26. The van der Waals surface area contributed by atoms with Crippen molar-refractivity contribution in [2.45, 2.75) is 76.6 Å². The molecule has 25 heavy (non-hydrogen) atoms. The standard InChI is InChI=1S/C16H26F5NO2S/c1-14(2,3)24-13(23)22-9-4-6-12(22)7-11-25-10-5-8-15(17,18)16(19,20)21/h12H,4-11H2,1-3H3/t12-/m0/s1. The normalized spacial score (nSPS) is 19.4. The summed E-state index contributed by atoms with van der Waals surface area (Å²) < 4.78 is 67.0. The highest BCUT2D eigenvalue weighted by Gasteiger charge is 2.56. The van der Waals surface area contributed by atoms with Crippen LogP contribution in [0, 0.1) is 0 Å². The largest absolute Gasteiger partial charge is 0.453 e. The van der Waals surface area contributed by atoms with Gasteiger partial charge in [0.2, 0.25) is 0 Å². The molecular formula is C16H26F5NO2S. The molecule has 9 heteroatoms. The lowest BCUT2D eigenvalue weighted by Crippen LogP contribution is -2.40. The predicted octanol–water partition coefficient (Wildman–Crippen LogP) is 5.49. The van der Waals surface area contributed by atoms with E-state index in [1.807, 2.05) is 0 Å². The minimum Gasteiger partial charge on any atom is -0.444 e. The molecule has 1 rings (SSSR count). The zero-order valence-corrected chi connectivity index (χ0v) is 15.6.